The fraction of sp³-hybridized carbons (Fsp3) is 0.455. The van der Waals surface area contributed by atoms with Crippen molar-refractivity contribution >= 4 is 5.91 Å². The number of amides is 1. The highest BCUT2D eigenvalue weighted by Gasteiger charge is 2.33. The number of nitrogens with one attached hydrogen (secondary N) is 1. The van der Waals surface area contributed by atoms with E-state index >= 15 is 0 Å². The lowest BCUT2D eigenvalue weighted by molar-refractivity contribution is -0.141. The molecule has 1 atom stereocenters. The van der Waals surface area contributed by atoms with Crippen LogP contribution in [0, 0.1) is 12.8 Å². The van der Waals surface area contributed by atoms with Crippen LogP contribution in [-0.2, 0) is 6.18 Å². The Morgan fingerprint density at radius 3 is 2.41 bits per heavy atom. The molecule has 3 rings (SSSR count). The number of carbonyl (C=O) groups excluding carboxylic acids is 1. The molecule has 1 amide bonds. The van der Waals surface area contributed by atoms with Crippen LogP contribution in [0.5, 0.6) is 0 Å². The highest BCUT2D eigenvalue weighted by molar-refractivity contribution is 5.95. The van der Waals surface area contributed by atoms with Crippen LogP contribution < -0.4 is 5.32 Å². The average Bonchev–Trinajstić information content (AvgIpc) is 2.69. The van der Waals surface area contributed by atoms with Gasteiger partial charge in [-0.1, -0.05) is 37.3 Å². The number of benzene rings is 1. The first kappa shape index (κ1) is 21.3. The van der Waals surface area contributed by atoms with Gasteiger partial charge in [-0.2, -0.15) is 13.2 Å². The number of rotatable bonds is 5. The van der Waals surface area contributed by atoms with Crippen molar-refractivity contribution < 1.29 is 18.0 Å². The minimum Gasteiger partial charge on any atom is -0.350 e. The summed E-state index contributed by atoms with van der Waals surface area (Å²) in [5, 5.41) is 2.90. The Bertz CT molecular complexity index is 831. The fourth-order valence-corrected chi connectivity index (χ4v) is 3.72. The first-order valence-electron chi connectivity index (χ1n) is 9.87. The molecule has 1 unspecified atom stereocenters. The molecule has 156 valence electrons. The molecular weight excluding hydrogens is 379 g/mol. The molecule has 1 aromatic heterocycles. The standard InChI is InChI=1S/C22H26F3N3O/c1-15-10-12-28(13-11-15)19(17-6-4-3-5-7-17)14-26-21(29)18-8-9-20(22(23,24)25)27-16(18)2/h3-9,15,19H,10-14H2,1-2H3,(H,26,29). The van der Waals surface area contributed by atoms with Gasteiger partial charge in [0.1, 0.15) is 5.69 Å². The van der Waals surface area contributed by atoms with Gasteiger partial charge in [0.2, 0.25) is 0 Å². The van der Waals surface area contributed by atoms with E-state index in [1.54, 1.807) is 0 Å². The summed E-state index contributed by atoms with van der Waals surface area (Å²) in [7, 11) is 0. The van der Waals surface area contributed by atoms with E-state index in [0.717, 1.165) is 37.6 Å². The van der Waals surface area contributed by atoms with Crippen molar-refractivity contribution in [3.05, 3.63) is 65.0 Å². The minimum absolute atomic E-state index is 0.0235. The third-order valence-corrected chi connectivity index (χ3v) is 5.52. The maximum Gasteiger partial charge on any atom is 0.433 e. The molecule has 1 N–H and O–H groups in total. The minimum atomic E-state index is -4.52. The zero-order valence-electron chi connectivity index (χ0n) is 16.7. The summed E-state index contributed by atoms with van der Waals surface area (Å²) in [4.78, 5) is 18.6. The topological polar surface area (TPSA) is 45.2 Å². The molecule has 1 fully saturated rings. The second-order valence-corrected chi connectivity index (χ2v) is 7.68. The number of halogens is 3. The van der Waals surface area contributed by atoms with Gasteiger partial charge in [-0.15, -0.1) is 0 Å². The summed E-state index contributed by atoms with van der Waals surface area (Å²) in [6.45, 7) is 5.97. The van der Waals surface area contributed by atoms with Gasteiger partial charge in [0.25, 0.3) is 5.91 Å². The number of nitrogens with zero attached hydrogens (tertiary/aromatic N) is 2. The van der Waals surface area contributed by atoms with Gasteiger partial charge in [0.05, 0.1) is 17.3 Å². The lowest BCUT2D eigenvalue weighted by Crippen LogP contribution is -2.42. The zero-order chi connectivity index (χ0) is 21.0. The maximum atomic E-state index is 12.8. The van der Waals surface area contributed by atoms with Gasteiger partial charge in [0.15, 0.2) is 0 Å². The lowest BCUT2D eigenvalue weighted by atomic mass is 9.95. The van der Waals surface area contributed by atoms with E-state index in [4.69, 9.17) is 0 Å². The number of aromatic nitrogens is 1. The highest BCUT2D eigenvalue weighted by Crippen LogP contribution is 2.29. The van der Waals surface area contributed by atoms with Crippen molar-refractivity contribution in [1.82, 2.24) is 15.2 Å². The van der Waals surface area contributed by atoms with Crippen LogP contribution in [0.2, 0.25) is 0 Å². The van der Waals surface area contributed by atoms with Crippen molar-refractivity contribution in [1.29, 1.82) is 0 Å². The number of hydrogen-bond donors (Lipinski definition) is 1. The number of pyridine rings is 1. The number of piperidine rings is 1. The SMILES string of the molecule is Cc1nc(C(F)(F)F)ccc1C(=O)NCC(c1ccccc1)N1CCC(C)CC1. The van der Waals surface area contributed by atoms with E-state index < -0.39 is 17.8 Å². The van der Waals surface area contributed by atoms with Crippen LogP contribution in [-0.4, -0.2) is 35.4 Å². The lowest BCUT2D eigenvalue weighted by Gasteiger charge is -2.37. The predicted octanol–water partition coefficient (Wildman–Crippen LogP) is 4.61. The molecule has 1 aromatic carbocycles. The number of alkyl halides is 3. The third-order valence-electron chi connectivity index (χ3n) is 5.52. The largest absolute Gasteiger partial charge is 0.433 e. The van der Waals surface area contributed by atoms with E-state index in [2.05, 4.69) is 22.1 Å². The monoisotopic (exact) mass is 405 g/mol. The summed E-state index contributed by atoms with van der Waals surface area (Å²) >= 11 is 0. The molecule has 0 saturated carbocycles. The Morgan fingerprint density at radius 2 is 1.83 bits per heavy atom. The molecule has 0 spiro atoms. The molecule has 29 heavy (non-hydrogen) atoms. The summed E-state index contributed by atoms with van der Waals surface area (Å²) in [5.41, 5.74) is 0.359. The number of likely N-dealkylation sites (tertiary alicyclic amines) is 1. The van der Waals surface area contributed by atoms with Crippen LogP contribution in [0.3, 0.4) is 0 Å². The van der Waals surface area contributed by atoms with Crippen LogP contribution in [0.4, 0.5) is 13.2 Å². The van der Waals surface area contributed by atoms with Gasteiger partial charge in [-0.3, -0.25) is 9.69 Å². The summed E-state index contributed by atoms with van der Waals surface area (Å²) in [6.07, 6.45) is -2.30. The Morgan fingerprint density at radius 1 is 1.17 bits per heavy atom. The predicted molar refractivity (Wildman–Crippen MR) is 105 cm³/mol. The molecule has 1 aliphatic heterocycles. The smallest absolute Gasteiger partial charge is 0.350 e. The van der Waals surface area contributed by atoms with E-state index in [9.17, 15) is 18.0 Å². The van der Waals surface area contributed by atoms with Crippen molar-refractivity contribution in [3.63, 3.8) is 0 Å². The molecule has 4 nitrogen and oxygen atoms in total. The fourth-order valence-electron chi connectivity index (χ4n) is 3.72. The Labute approximate surface area is 169 Å². The summed E-state index contributed by atoms with van der Waals surface area (Å²) in [5.74, 6) is 0.285. The Hall–Kier alpha value is -2.41. The van der Waals surface area contributed by atoms with Crippen molar-refractivity contribution in [2.24, 2.45) is 5.92 Å². The average molecular weight is 405 g/mol. The molecule has 1 aliphatic rings. The van der Waals surface area contributed by atoms with Crippen molar-refractivity contribution in [2.45, 2.75) is 38.9 Å². The second kappa shape index (κ2) is 8.95. The quantitative estimate of drug-likeness (QED) is 0.790. The molecule has 2 heterocycles. The van der Waals surface area contributed by atoms with E-state index in [-0.39, 0.29) is 17.3 Å². The summed E-state index contributed by atoms with van der Waals surface area (Å²) in [6, 6.07) is 12.1. The molecule has 0 bridgehead atoms. The van der Waals surface area contributed by atoms with Gasteiger partial charge < -0.3 is 5.32 Å². The first-order chi connectivity index (χ1) is 13.8. The Balaban J connectivity index is 1.73. The molecule has 0 aliphatic carbocycles. The zero-order valence-corrected chi connectivity index (χ0v) is 16.7. The maximum absolute atomic E-state index is 12.8. The van der Waals surface area contributed by atoms with Gasteiger partial charge in [-0.25, -0.2) is 4.98 Å². The number of carbonyl (C=O) groups is 1. The number of aryl methyl sites for hydroxylation is 1. The molecule has 7 heteroatoms. The Kier molecular flexibility index (Phi) is 6.57. The van der Waals surface area contributed by atoms with Gasteiger partial charge in [-0.05, 0) is 56.5 Å². The highest BCUT2D eigenvalue weighted by atomic mass is 19.4. The van der Waals surface area contributed by atoms with Gasteiger partial charge in [0, 0.05) is 6.54 Å². The van der Waals surface area contributed by atoms with Crippen molar-refractivity contribution in [2.75, 3.05) is 19.6 Å². The molecule has 2 aromatic rings. The van der Waals surface area contributed by atoms with E-state index in [0.29, 0.717) is 12.5 Å². The van der Waals surface area contributed by atoms with Crippen LogP contribution in [0.25, 0.3) is 0 Å². The van der Waals surface area contributed by atoms with Crippen LogP contribution in [0.1, 0.15) is 53.1 Å². The molecular formula is C22H26F3N3O. The normalized spacial score (nSPS) is 17.1. The van der Waals surface area contributed by atoms with Crippen molar-refractivity contribution in [3.8, 4) is 0 Å². The van der Waals surface area contributed by atoms with Crippen LogP contribution >= 0.6 is 0 Å². The summed E-state index contributed by atoms with van der Waals surface area (Å²) < 4.78 is 38.4. The van der Waals surface area contributed by atoms with Crippen LogP contribution in [0.15, 0.2) is 42.5 Å². The molecule has 0 radical (unpaired) electrons. The number of hydrogen-bond acceptors (Lipinski definition) is 3. The van der Waals surface area contributed by atoms with E-state index in [1.807, 2.05) is 30.3 Å². The third kappa shape index (κ3) is 5.35. The van der Waals surface area contributed by atoms with E-state index in [1.165, 1.54) is 13.0 Å². The van der Waals surface area contributed by atoms with Gasteiger partial charge >= 0.3 is 6.18 Å². The second-order valence-electron chi connectivity index (χ2n) is 7.68. The first-order valence-corrected chi connectivity index (χ1v) is 9.87. The molecule has 1 saturated heterocycles.